The van der Waals surface area contributed by atoms with E-state index >= 15 is 0 Å². The topological polar surface area (TPSA) is 63.8 Å². The first-order valence-electron chi connectivity index (χ1n) is 11.8. The fraction of sp³-hybridized carbons (Fsp3) is 0.269. The van der Waals surface area contributed by atoms with Gasteiger partial charge >= 0.3 is 6.55 Å². The van der Waals surface area contributed by atoms with Gasteiger partial charge in [0.25, 0.3) is 0 Å². The Labute approximate surface area is 205 Å². The summed E-state index contributed by atoms with van der Waals surface area (Å²) in [6.07, 6.45) is 5.14. The van der Waals surface area contributed by atoms with Crippen molar-refractivity contribution in [3.63, 3.8) is 0 Å². The van der Waals surface area contributed by atoms with Gasteiger partial charge in [0.2, 0.25) is 11.9 Å². The third-order valence-corrected chi connectivity index (χ3v) is 6.73. The van der Waals surface area contributed by atoms with Gasteiger partial charge in [0, 0.05) is 49.5 Å². The maximum absolute atomic E-state index is 13.8. The van der Waals surface area contributed by atoms with Crippen molar-refractivity contribution in [2.45, 2.75) is 25.4 Å². The Balaban J connectivity index is 1.19. The molecule has 6 rings (SSSR count). The van der Waals surface area contributed by atoms with Crippen molar-refractivity contribution in [3.05, 3.63) is 66.7 Å². The third kappa shape index (κ3) is 3.92. The second-order valence-electron chi connectivity index (χ2n) is 9.05. The van der Waals surface area contributed by atoms with Gasteiger partial charge in [-0.25, -0.2) is 14.4 Å². The average Bonchev–Trinajstić information content (AvgIpc) is 3.43. The summed E-state index contributed by atoms with van der Waals surface area (Å²) in [6, 6.07) is 13.5. The Morgan fingerprint density at radius 1 is 1.03 bits per heavy atom. The fourth-order valence-electron chi connectivity index (χ4n) is 4.97. The van der Waals surface area contributed by atoms with Crippen molar-refractivity contribution in [1.29, 1.82) is 0 Å². The van der Waals surface area contributed by atoms with Gasteiger partial charge in [-0.1, -0.05) is 24.3 Å². The van der Waals surface area contributed by atoms with Gasteiger partial charge in [-0.2, -0.15) is 13.8 Å². The van der Waals surface area contributed by atoms with Crippen LogP contribution < -0.4 is 10.2 Å². The number of nitrogens with zero attached hydrogens (tertiary/aromatic N) is 6. The van der Waals surface area contributed by atoms with Crippen LogP contribution >= 0.6 is 0 Å². The number of piperidine rings is 1. The number of alkyl halides is 2. The van der Waals surface area contributed by atoms with Crippen LogP contribution in [0.3, 0.4) is 0 Å². The Kier molecular flexibility index (Phi) is 5.50. The zero-order chi connectivity index (χ0) is 24.8. The van der Waals surface area contributed by atoms with Crippen molar-refractivity contribution in [1.82, 2.24) is 24.1 Å². The molecule has 0 amide bonds. The van der Waals surface area contributed by atoms with Crippen LogP contribution in [-0.4, -0.2) is 43.2 Å². The number of imidazole rings is 1. The average molecular weight is 492 g/mol. The number of benzene rings is 2. The normalized spacial score (nSPS) is 14.9. The lowest BCUT2D eigenvalue weighted by molar-refractivity contribution is 0.0757. The van der Waals surface area contributed by atoms with Crippen LogP contribution in [0.5, 0.6) is 0 Å². The molecule has 1 N–H and O–H groups in total. The zero-order valence-corrected chi connectivity index (χ0v) is 19.6. The molecular formula is C26H24F3N7. The van der Waals surface area contributed by atoms with Crippen LogP contribution in [0.1, 0.15) is 19.4 Å². The lowest BCUT2D eigenvalue weighted by Crippen LogP contribution is -2.40. The monoisotopic (exact) mass is 491 g/mol. The van der Waals surface area contributed by atoms with Crippen molar-refractivity contribution < 1.29 is 13.2 Å². The molecular weight excluding hydrogens is 467 g/mol. The molecule has 1 aliphatic heterocycles. The highest BCUT2D eigenvalue weighted by molar-refractivity contribution is 5.94. The molecule has 5 aromatic rings. The van der Waals surface area contributed by atoms with E-state index in [1.807, 2.05) is 28.8 Å². The summed E-state index contributed by atoms with van der Waals surface area (Å²) in [5.74, 6) is 0.517. The Hall–Kier alpha value is -4.08. The molecule has 36 heavy (non-hydrogen) atoms. The smallest absolute Gasteiger partial charge is 0.321 e. The molecule has 1 saturated heterocycles. The molecule has 0 spiro atoms. The minimum absolute atomic E-state index is 0.103. The van der Waals surface area contributed by atoms with Gasteiger partial charge in [0.15, 0.2) is 0 Å². The SMILES string of the molecule is Cn1cc(-c2cccc(F)c2)c2cnc(NC3CCN(c4nc5ccccc5n4C(F)F)CC3)nc21. The first-order valence-corrected chi connectivity index (χ1v) is 11.8. The maximum atomic E-state index is 13.8. The molecule has 7 nitrogen and oxygen atoms in total. The maximum Gasteiger partial charge on any atom is 0.321 e. The van der Waals surface area contributed by atoms with Gasteiger partial charge in [-0.15, -0.1) is 0 Å². The standard InChI is InChI=1S/C26H24F3N7/c1-34-15-20(16-5-4-6-17(27)13-16)19-14-30-25(33-23(19)34)31-18-9-11-35(12-10-18)26-32-21-7-2-3-8-22(21)36(26)24(28)29/h2-8,13-15,18,24H,9-12H2,1H3,(H,30,31,33). The third-order valence-electron chi connectivity index (χ3n) is 6.73. The molecule has 0 aliphatic carbocycles. The van der Waals surface area contributed by atoms with E-state index < -0.39 is 6.55 Å². The van der Waals surface area contributed by atoms with E-state index in [-0.39, 0.29) is 11.9 Å². The summed E-state index contributed by atoms with van der Waals surface area (Å²) in [5, 5.41) is 4.24. The molecule has 3 aromatic heterocycles. The van der Waals surface area contributed by atoms with Crippen LogP contribution in [-0.2, 0) is 7.05 Å². The predicted molar refractivity (Wildman–Crippen MR) is 134 cm³/mol. The van der Waals surface area contributed by atoms with Gasteiger partial charge in [-0.05, 0) is 42.7 Å². The number of fused-ring (bicyclic) bond motifs is 2. The molecule has 2 aromatic carbocycles. The highest BCUT2D eigenvalue weighted by atomic mass is 19.3. The van der Waals surface area contributed by atoms with E-state index in [0.717, 1.165) is 39.6 Å². The van der Waals surface area contributed by atoms with Crippen LogP contribution in [0.15, 0.2) is 60.9 Å². The van der Waals surface area contributed by atoms with Gasteiger partial charge in [0.05, 0.1) is 11.0 Å². The van der Waals surface area contributed by atoms with E-state index in [2.05, 4.69) is 15.3 Å². The number of nitrogens with one attached hydrogen (secondary N) is 1. The largest absolute Gasteiger partial charge is 0.351 e. The minimum Gasteiger partial charge on any atom is -0.351 e. The van der Waals surface area contributed by atoms with E-state index in [1.165, 1.54) is 12.1 Å². The number of halogens is 3. The summed E-state index contributed by atoms with van der Waals surface area (Å²) in [6.45, 7) is -1.49. The van der Waals surface area contributed by atoms with Crippen molar-refractivity contribution in [3.8, 4) is 11.1 Å². The molecule has 1 fully saturated rings. The molecule has 0 atom stereocenters. The van der Waals surface area contributed by atoms with Crippen LogP contribution in [0.2, 0.25) is 0 Å². The molecule has 0 saturated carbocycles. The molecule has 0 bridgehead atoms. The summed E-state index contributed by atoms with van der Waals surface area (Å²) in [5.41, 5.74) is 3.38. The number of anilines is 2. The quantitative estimate of drug-likeness (QED) is 0.347. The Morgan fingerprint density at radius 2 is 1.83 bits per heavy atom. The number of rotatable bonds is 5. The second kappa shape index (κ2) is 8.85. The van der Waals surface area contributed by atoms with Crippen LogP contribution in [0.25, 0.3) is 33.2 Å². The molecule has 0 unspecified atom stereocenters. The van der Waals surface area contributed by atoms with Crippen molar-refractivity contribution in [2.75, 3.05) is 23.3 Å². The molecule has 4 heterocycles. The molecule has 1 aliphatic rings. The Bertz CT molecular complexity index is 1550. The minimum atomic E-state index is -2.66. The summed E-state index contributed by atoms with van der Waals surface area (Å²) in [7, 11) is 1.90. The van der Waals surface area contributed by atoms with Crippen molar-refractivity contribution in [2.24, 2.45) is 7.05 Å². The number of hydrogen-bond acceptors (Lipinski definition) is 5. The van der Waals surface area contributed by atoms with Gasteiger partial charge in [0.1, 0.15) is 11.5 Å². The number of aromatic nitrogens is 5. The zero-order valence-electron chi connectivity index (χ0n) is 19.6. The van der Waals surface area contributed by atoms with Crippen LogP contribution in [0.4, 0.5) is 25.1 Å². The number of para-hydroxylation sites is 2. The lowest BCUT2D eigenvalue weighted by Gasteiger charge is -2.33. The van der Waals surface area contributed by atoms with E-state index in [9.17, 15) is 13.2 Å². The first-order chi connectivity index (χ1) is 17.5. The van der Waals surface area contributed by atoms with E-state index in [0.29, 0.717) is 36.0 Å². The summed E-state index contributed by atoms with van der Waals surface area (Å²) < 4.78 is 44.3. The Morgan fingerprint density at radius 3 is 2.61 bits per heavy atom. The number of aryl methyl sites for hydroxylation is 1. The van der Waals surface area contributed by atoms with E-state index in [1.54, 1.807) is 36.5 Å². The van der Waals surface area contributed by atoms with Crippen molar-refractivity contribution >= 4 is 34.0 Å². The summed E-state index contributed by atoms with van der Waals surface area (Å²) in [4.78, 5) is 15.6. The first kappa shape index (κ1) is 22.4. The van der Waals surface area contributed by atoms with Gasteiger partial charge < -0.3 is 14.8 Å². The predicted octanol–water partition coefficient (Wildman–Crippen LogP) is 5.60. The van der Waals surface area contributed by atoms with E-state index in [4.69, 9.17) is 4.98 Å². The number of hydrogen-bond donors (Lipinski definition) is 1. The van der Waals surface area contributed by atoms with Gasteiger partial charge in [-0.3, -0.25) is 4.57 Å². The fourth-order valence-corrected chi connectivity index (χ4v) is 4.97. The highest BCUT2D eigenvalue weighted by Crippen LogP contribution is 2.32. The molecule has 10 heteroatoms. The summed E-state index contributed by atoms with van der Waals surface area (Å²) >= 11 is 0. The molecule has 0 radical (unpaired) electrons. The second-order valence-corrected chi connectivity index (χ2v) is 9.05. The van der Waals surface area contributed by atoms with Crippen LogP contribution in [0, 0.1) is 5.82 Å². The molecule has 184 valence electrons. The lowest BCUT2D eigenvalue weighted by atomic mass is 10.1. The highest BCUT2D eigenvalue weighted by Gasteiger charge is 2.27.